The molecule has 1 atom stereocenters. The molecule has 1 aromatic carbocycles. The molecule has 3 rings (SSSR count). The normalized spacial score (nSPS) is 21.3. The molecule has 0 N–H and O–H groups in total. The molecule has 24 heavy (non-hydrogen) atoms. The number of carbonyl (C=O) groups excluding carboxylic acids is 2. The summed E-state index contributed by atoms with van der Waals surface area (Å²) >= 11 is 0. The van der Waals surface area contributed by atoms with E-state index in [-0.39, 0.29) is 29.6 Å². The van der Waals surface area contributed by atoms with Gasteiger partial charge in [0.1, 0.15) is 5.82 Å². The van der Waals surface area contributed by atoms with Crippen molar-refractivity contribution in [1.82, 2.24) is 9.91 Å². The van der Waals surface area contributed by atoms with E-state index in [0.29, 0.717) is 38.8 Å². The maximum Gasteiger partial charge on any atom is 0.246 e. The minimum absolute atomic E-state index is 0.00155. The Morgan fingerprint density at radius 1 is 1.21 bits per heavy atom. The monoisotopic (exact) mass is 331 g/mol. The smallest absolute Gasteiger partial charge is 0.246 e. The first-order valence-corrected chi connectivity index (χ1v) is 8.49. The van der Waals surface area contributed by atoms with Gasteiger partial charge in [-0.15, -0.1) is 0 Å². The van der Waals surface area contributed by atoms with Crippen LogP contribution in [0.5, 0.6) is 0 Å². The summed E-state index contributed by atoms with van der Waals surface area (Å²) in [6.45, 7) is 3.11. The van der Waals surface area contributed by atoms with Crippen molar-refractivity contribution in [3.8, 4) is 0 Å². The second-order valence-electron chi connectivity index (χ2n) is 6.29. The first kappa shape index (κ1) is 16.6. The van der Waals surface area contributed by atoms with Gasteiger partial charge in [0.05, 0.1) is 6.04 Å². The van der Waals surface area contributed by atoms with Gasteiger partial charge in [-0.05, 0) is 30.5 Å². The van der Waals surface area contributed by atoms with Crippen molar-refractivity contribution < 1.29 is 14.0 Å². The number of nitrogens with zero attached hydrogens (tertiary/aromatic N) is 3. The number of rotatable bonds is 3. The van der Waals surface area contributed by atoms with Crippen LogP contribution in [0.2, 0.25) is 0 Å². The molecule has 6 heteroatoms. The average Bonchev–Trinajstić information content (AvgIpc) is 3.11. The fourth-order valence-corrected chi connectivity index (χ4v) is 3.37. The number of hydrogen-bond donors (Lipinski definition) is 0. The van der Waals surface area contributed by atoms with Crippen molar-refractivity contribution in [2.45, 2.75) is 38.6 Å². The molecule has 1 fully saturated rings. The van der Waals surface area contributed by atoms with Crippen LogP contribution >= 0.6 is 0 Å². The van der Waals surface area contributed by atoms with Gasteiger partial charge < -0.3 is 4.90 Å². The molecule has 0 spiro atoms. The number of likely N-dealkylation sites (tertiary alicyclic amines) is 1. The third-order valence-corrected chi connectivity index (χ3v) is 4.81. The van der Waals surface area contributed by atoms with Gasteiger partial charge >= 0.3 is 0 Å². The van der Waals surface area contributed by atoms with Crippen LogP contribution in [0.25, 0.3) is 0 Å². The minimum Gasteiger partial charge on any atom is -0.343 e. The topological polar surface area (TPSA) is 53.0 Å². The average molecular weight is 331 g/mol. The summed E-state index contributed by atoms with van der Waals surface area (Å²) in [5, 5.41) is 5.78. The van der Waals surface area contributed by atoms with E-state index in [1.807, 2.05) is 11.8 Å². The van der Waals surface area contributed by atoms with E-state index in [0.717, 1.165) is 5.56 Å². The molecule has 0 saturated carbocycles. The lowest BCUT2D eigenvalue weighted by Gasteiger charge is -2.33. The predicted molar refractivity (Wildman–Crippen MR) is 88.7 cm³/mol. The molecule has 0 bridgehead atoms. The molecule has 128 valence electrons. The fraction of sp³-hybridized carbons (Fsp3) is 0.500. The molecule has 2 aliphatic rings. The zero-order valence-corrected chi connectivity index (χ0v) is 13.8. The number of carbonyl (C=O) groups is 2. The molecule has 1 saturated heterocycles. The van der Waals surface area contributed by atoms with E-state index in [2.05, 4.69) is 5.10 Å². The van der Waals surface area contributed by atoms with Gasteiger partial charge in [-0.3, -0.25) is 9.59 Å². The molecule has 0 unspecified atom stereocenters. The number of benzene rings is 1. The number of hydrogen-bond acceptors (Lipinski definition) is 3. The van der Waals surface area contributed by atoms with E-state index in [1.54, 1.807) is 18.3 Å². The Hall–Kier alpha value is -2.24. The summed E-state index contributed by atoms with van der Waals surface area (Å²) in [6.07, 6.45) is 4.23. The van der Waals surface area contributed by atoms with Crippen LogP contribution in [0.1, 0.15) is 44.2 Å². The molecular weight excluding hydrogens is 309 g/mol. The second-order valence-corrected chi connectivity index (χ2v) is 6.29. The van der Waals surface area contributed by atoms with Crippen molar-refractivity contribution in [1.29, 1.82) is 0 Å². The van der Waals surface area contributed by atoms with Crippen molar-refractivity contribution in [3.63, 3.8) is 0 Å². The zero-order valence-electron chi connectivity index (χ0n) is 13.8. The van der Waals surface area contributed by atoms with Gasteiger partial charge in [-0.1, -0.05) is 19.1 Å². The van der Waals surface area contributed by atoms with Crippen molar-refractivity contribution in [3.05, 3.63) is 35.6 Å². The number of amides is 2. The summed E-state index contributed by atoms with van der Waals surface area (Å²) in [6, 6.07) is 6.07. The maximum absolute atomic E-state index is 13.1. The molecule has 2 aliphatic heterocycles. The number of hydrazone groups is 1. The highest BCUT2D eigenvalue weighted by atomic mass is 19.1. The van der Waals surface area contributed by atoms with Crippen LogP contribution < -0.4 is 0 Å². The Bertz CT molecular complexity index is 636. The highest BCUT2D eigenvalue weighted by molar-refractivity contribution is 5.82. The quantitative estimate of drug-likeness (QED) is 0.855. The summed E-state index contributed by atoms with van der Waals surface area (Å²) in [7, 11) is 0. The molecule has 5 nitrogen and oxygen atoms in total. The standard InChI is InChI=1S/C18H22FN3O2/c1-2-17(23)21-11-8-14(9-12-21)18(24)22-16(7-10-20-22)13-3-5-15(19)6-4-13/h3-6,10,14,16H,2,7-9,11-12H2,1H3/t16-/m0/s1. The van der Waals surface area contributed by atoms with Crippen molar-refractivity contribution >= 4 is 18.0 Å². The van der Waals surface area contributed by atoms with Gasteiger partial charge in [0.2, 0.25) is 11.8 Å². The number of piperidine rings is 1. The fourth-order valence-electron chi connectivity index (χ4n) is 3.37. The summed E-state index contributed by atoms with van der Waals surface area (Å²) in [4.78, 5) is 26.4. The Morgan fingerprint density at radius 3 is 2.50 bits per heavy atom. The van der Waals surface area contributed by atoms with Gasteiger partial charge in [0.25, 0.3) is 0 Å². The number of halogens is 1. The van der Waals surface area contributed by atoms with Crippen molar-refractivity contribution in [2.24, 2.45) is 11.0 Å². The van der Waals surface area contributed by atoms with Gasteiger partial charge in [0, 0.05) is 38.1 Å². The lowest BCUT2D eigenvalue weighted by atomic mass is 9.94. The summed E-state index contributed by atoms with van der Waals surface area (Å²) in [5.41, 5.74) is 0.890. The van der Waals surface area contributed by atoms with E-state index in [4.69, 9.17) is 0 Å². The van der Waals surface area contributed by atoms with Crippen LogP contribution in [0.3, 0.4) is 0 Å². The third-order valence-electron chi connectivity index (χ3n) is 4.81. The lowest BCUT2D eigenvalue weighted by Crippen LogP contribution is -2.43. The highest BCUT2D eigenvalue weighted by Gasteiger charge is 2.35. The molecule has 0 aromatic heterocycles. The van der Waals surface area contributed by atoms with Crippen LogP contribution in [-0.4, -0.2) is 41.0 Å². The molecule has 2 amide bonds. The van der Waals surface area contributed by atoms with Crippen molar-refractivity contribution in [2.75, 3.05) is 13.1 Å². The van der Waals surface area contributed by atoms with E-state index in [1.165, 1.54) is 17.1 Å². The predicted octanol–water partition coefficient (Wildman–Crippen LogP) is 2.73. The summed E-state index contributed by atoms with van der Waals surface area (Å²) in [5.74, 6) is -0.251. The van der Waals surface area contributed by atoms with E-state index >= 15 is 0 Å². The molecule has 2 heterocycles. The van der Waals surface area contributed by atoms with Gasteiger partial charge in [0.15, 0.2) is 0 Å². The summed E-state index contributed by atoms with van der Waals surface area (Å²) < 4.78 is 13.1. The van der Waals surface area contributed by atoms with Gasteiger partial charge in [-0.2, -0.15) is 5.10 Å². The van der Waals surface area contributed by atoms with E-state index in [9.17, 15) is 14.0 Å². The Morgan fingerprint density at radius 2 is 1.88 bits per heavy atom. The van der Waals surface area contributed by atoms with Gasteiger partial charge in [-0.25, -0.2) is 9.40 Å². The molecular formula is C18H22FN3O2. The SMILES string of the molecule is CCC(=O)N1CCC(C(=O)N2N=CC[C@H]2c2ccc(F)cc2)CC1. The minimum atomic E-state index is -0.288. The molecule has 1 aromatic rings. The zero-order chi connectivity index (χ0) is 17.1. The second kappa shape index (κ2) is 7.11. The Balaban J connectivity index is 1.65. The highest BCUT2D eigenvalue weighted by Crippen LogP contribution is 2.31. The Kier molecular flexibility index (Phi) is 4.92. The van der Waals surface area contributed by atoms with Crippen LogP contribution in [0, 0.1) is 11.7 Å². The van der Waals surface area contributed by atoms with Crippen LogP contribution in [0.15, 0.2) is 29.4 Å². The Labute approximate surface area is 141 Å². The molecule has 0 radical (unpaired) electrons. The first-order chi connectivity index (χ1) is 11.6. The third kappa shape index (κ3) is 3.32. The first-order valence-electron chi connectivity index (χ1n) is 8.49. The lowest BCUT2D eigenvalue weighted by molar-refractivity contribution is -0.142. The van der Waals surface area contributed by atoms with E-state index < -0.39 is 0 Å². The maximum atomic E-state index is 13.1. The van der Waals surface area contributed by atoms with Crippen LogP contribution in [-0.2, 0) is 9.59 Å². The largest absolute Gasteiger partial charge is 0.343 e. The van der Waals surface area contributed by atoms with Crippen LogP contribution in [0.4, 0.5) is 4.39 Å². The molecule has 0 aliphatic carbocycles.